The summed E-state index contributed by atoms with van der Waals surface area (Å²) in [5, 5.41) is 34.2. The quantitative estimate of drug-likeness (QED) is 0.250. The fraction of sp³-hybridized carbons (Fsp3) is 0.500. The van der Waals surface area contributed by atoms with Crippen LogP contribution in [-0.4, -0.2) is 84.3 Å². The maximum absolute atomic E-state index is 4.13. The number of nitrogens with zero attached hydrogens (tertiary/aromatic N) is 17. The van der Waals surface area contributed by atoms with Gasteiger partial charge in [0, 0.05) is 53.8 Å². The first kappa shape index (κ1) is 35.9. The van der Waals surface area contributed by atoms with Crippen LogP contribution in [0.3, 0.4) is 0 Å². The molecule has 0 radical (unpaired) electrons. The number of rotatable bonds is 0. The molecule has 0 aliphatic carbocycles. The highest BCUT2D eigenvalue weighted by Crippen LogP contribution is 1.99. The van der Waals surface area contributed by atoms with Gasteiger partial charge in [0.05, 0.1) is 42.3 Å². The van der Waals surface area contributed by atoms with Gasteiger partial charge in [0.15, 0.2) is 5.82 Å². The molecule has 0 unspecified atom stereocenters. The minimum Gasteiger partial charge on any atom is -0.340 e. The van der Waals surface area contributed by atoms with Gasteiger partial charge in [0.1, 0.15) is 12.2 Å². The summed E-state index contributed by atoms with van der Waals surface area (Å²) in [5.74, 6) is 1.53. The number of hydrogen-bond donors (Lipinski definition) is 0. The lowest BCUT2D eigenvalue weighted by Gasteiger charge is -1.79. The lowest BCUT2D eigenvalue weighted by molar-refractivity contribution is 0.629. The lowest BCUT2D eigenvalue weighted by Crippen LogP contribution is -1.91. The van der Waals surface area contributed by atoms with Crippen LogP contribution < -0.4 is 0 Å². The Bertz CT molecular complexity index is 1250. The van der Waals surface area contributed by atoms with E-state index in [4.69, 9.17) is 0 Å². The Balaban J connectivity index is 0.000000258. The van der Waals surface area contributed by atoms with Crippen molar-refractivity contribution in [1.82, 2.24) is 84.3 Å². The molecule has 0 spiro atoms. The summed E-state index contributed by atoms with van der Waals surface area (Å²) in [6, 6.07) is 0. The first-order valence-electron chi connectivity index (χ1n) is 13.2. The van der Waals surface area contributed by atoms with E-state index in [0.717, 1.165) is 28.6 Å². The van der Waals surface area contributed by atoms with E-state index < -0.39 is 0 Å². The molecule has 0 saturated carbocycles. The zero-order valence-corrected chi connectivity index (χ0v) is 27.6. The normalized spacial score (nSPS) is 9.51. The summed E-state index contributed by atoms with van der Waals surface area (Å²) in [4.78, 5) is 10.8. The minimum absolute atomic E-state index is 0.711. The highest BCUT2D eigenvalue weighted by atomic mass is 15.6. The Hall–Kier alpha value is -5.09. The van der Waals surface area contributed by atoms with Crippen molar-refractivity contribution in [1.29, 1.82) is 0 Å². The standard InChI is InChI=1S/C6H10N2.C5H8N2.3C4H7N3.C3H6N4/c1-5-4-8(3)7-6(5)2;1-5-3-7(2)4-6-5;1-4-5-3-7(2)6-4;1-4-3-7(2)6-5-4;1-4-3-5-7(2)6-4;1-3-4-6-7(2)5-3/h4H,1-3H3;3-4H,1-2H3;3*3H,1-2H3;1-2H3. The van der Waals surface area contributed by atoms with Gasteiger partial charge in [0.25, 0.3) is 0 Å². The van der Waals surface area contributed by atoms with Crippen molar-refractivity contribution in [3.05, 3.63) is 77.4 Å². The highest BCUT2D eigenvalue weighted by molar-refractivity contribution is 5.11. The van der Waals surface area contributed by atoms with E-state index in [9.17, 15) is 0 Å². The van der Waals surface area contributed by atoms with Crippen LogP contribution in [0.4, 0.5) is 0 Å². The van der Waals surface area contributed by atoms with E-state index >= 15 is 0 Å². The Morgan fingerprint density at radius 1 is 0.512 bits per heavy atom. The zero-order chi connectivity index (χ0) is 32.5. The molecule has 0 aromatic carbocycles. The van der Waals surface area contributed by atoms with Crippen molar-refractivity contribution in [2.75, 3.05) is 0 Å². The summed E-state index contributed by atoms with van der Waals surface area (Å²) >= 11 is 0. The van der Waals surface area contributed by atoms with E-state index in [1.54, 1.807) is 49.2 Å². The second-order valence-corrected chi connectivity index (χ2v) is 9.55. The van der Waals surface area contributed by atoms with E-state index in [-0.39, 0.29) is 0 Å². The molecule has 0 aliphatic rings. The van der Waals surface area contributed by atoms with Crippen LogP contribution in [0.15, 0.2) is 37.4 Å². The van der Waals surface area contributed by atoms with Crippen molar-refractivity contribution >= 4 is 0 Å². The molecular weight excluding hydrogens is 550 g/mol. The van der Waals surface area contributed by atoms with Crippen molar-refractivity contribution in [2.24, 2.45) is 42.3 Å². The summed E-state index contributed by atoms with van der Waals surface area (Å²) in [6.45, 7) is 13.5. The molecule has 0 N–H and O–H groups in total. The maximum Gasteiger partial charge on any atom is 0.171 e. The third-order valence-electron chi connectivity index (χ3n) is 4.85. The number of aromatic nitrogens is 17. The molecule has 17 heteroatoms. The second kappa shape index (κ2) is 18.4. The van der Waals surface area contributed by atoms with Crippen LogP contribution in [0.2, 0.25) is 0 Å². The molecule has 43 heavy (non-hydrogen) atoms. The maximum atomic E-state index is 4.13. The summed E-state index contributed by atoms with van der Waals surface area (Å²) in [7, 11) is 11.1. The smallest absolute Gasteiger partial charge is 0.171 e. The van der Waals surface area contributed by atoms with Gasteiger partial charge < -0.3 is 4.57 Å². The molecule has 0 saturated heterocycles. The Morgan fingerprint density at radius 3 is 1.35 bits per heavy atom. The zero-order valence-electron chi connectivity index (χ0n) is 27.6. The monoisotopic (exact) mass is 595 g/mol. The first-order chi connectivity index (χ1) is 20.1. The molecule has 6 aromatic heterocycles. The average Bonchev–Trinajstić information content (AvgIpc) is 3.77. The van der Waals surface area contributed by atoms with Crippen molar-refractivity contribution in [3.8, 4) is 0 Å². The van der Waals surface area contributed by atoms with Crippen LogP contribution in [0, 0.1) is 48.5 Å². The molecule has 0 atom stereocenters. The Morgan fingerprint density at radius 2 is 1.21 bits per heavy atom. The van der Waals surface area contributed by atoms with Crippen LogP contribution >= 0.6 is 0 Å². The fourth-order valence-corrected chi connectivity index (χ4v) is 3.00. The molecule has 6 aromatic rings. The van der Waals surface area contributed by atoms with Gasteiger partial charge in [-0.25, -0.2) is 9.97 Å². The molecular formula is C26H45N17. The van der Waals surface area contributed by atoms with Crippen LogP contribution in [0.1, 0.15) is 40.0 Å². The van der Waals surface area contributed by atoms with Gasteiger partial charge in [-0.1, -0.05) is 5.21 Å². The van der Waals surface area contributed by atoms with Crippen molar-refractivity contribution in [2.45, 2.75) is 48.5 Å². The topological polar surface area (TPSA) is 171 Å². The predicted molar refractivity (Wildman–Crippen MR) is 161 cm³/mol. The van der Waals surface area contributed by atoms with Gasteiger partial charge >= 0.3 is 0 Å². The Labute approximate surface area is 252 Å². The van der Waals surface area contributed by atoms with E-state index in [0.29, 0.717) is 5.82 Å². The van der Waals surface area contributed by atoms with Crippen molar-refractivity contribution < 1.29 is 0 Å². The lowest BCUT2D eigenvalue weighted by atomic mass is 10.3. The van der Waals surface area contributed by atoms with Crippen LogP contribution in [0.25, 0.3) is 0 Å². The van der Waals surface area contributed by atoms with Crippen LogP contribution in [-0.2, 0) is 42.3 Å². The van der Waals surface area contributed by atoms with Gasteiger partial charge in [-0.2, -0.15) is 30.0 Å². The first-order valence-corrected chi connectivity index (χ1v) is 13.2. The van der Waals surface area contributed by atoms with Crippen molar-refractivity contribution in [3.63, 3.8) is 0 Å². The number of tetrazole rings is 1. The number of hydrogen-bond acceptors (Lipinski definition) is 11. The van der Waals surface area contributed by atoms with Gasteiger partial charge in [0.2, 0.25) is 0 Å². The van der Waals surface area contributed by atoms with Crippen LogP contribution in [0.5, 0.6) is 0 Å². The molecule has 6 heterocycles. The molecule has 234 valence electrons. The summed E-state index contributed by atoms with van der Waals surface area (Å²) < 4.78 is 7.10. The van der Waals surface area contributed by atoms with E-state index in [2.05, 4.69) is 63.0 Å². The second-order valence-electron chi connectivity index (χ2n) is 9.55. The molecule has 0 fully saturated rings. The third kappa shape index (κ3) is 16.7. The van der Waals surface area contributed by atoms with E-state index in [1.165, 1.54) is 15.2 Å². The van der Waals surface area contributed by atoms with Gasteiger partial charge in [-0.05, 0) is 59.2 Å². The highest BCUT2D eigenvalue weighted by Gasteiger charge is 1.93. The Kier molecular flexibility index (Phi) is 15.3. The summed E-state index contributed by atoms with van der Waals surface area (Å²) in [6.07, 6.45) is 11.0. The van der Waals surface area contributed by atoms with Gasteiger partial charge in [-0.3, -0.25) is 14.0 Å². The molecule has 17 nitrogen and oxygen atoms in total. The van der Waals surface area contributed by atoms with Gasteiger partial charge in [-0.15, -0.1) is 15.3 Å². The average molecular weight is 596 g/mol. The molecule has 0 amide bonds. The largest absolute Gasteiger partial charge is 0.340 e. The molecule has 6 rings (SSSR count). The number of aryl methyl sites for hydroxylation is 13. The minimum atomic E-state index is 0.711. The third-order valence-corrected chi connectivity index (χ3v) is 4.85. The predicted octanol–water partition coefficient (Wildman–Crippen LogP) is 1.65. The number of imidazole rings is 1. The molecule has 0 bridgehead atoms. The van der Waals surface area contributed by atoms with E-state index in [1.807, 2.05) is 90.6 Å². The molecule has 0 aliphatic heterocycles. The SMILES string of the molecule is Cc1cn(C)cn1.Cc1cn(C)nc1C.Cc1cn(C)nn1.Cc1cnn(C)n1.Cc1ncn(C)n1.Cc1nnn(C)n1. The summed E-state index contributed by atoms with van der Waals surface area (Å²) in [5.41, 5.74) is 5.37. The fourth-order valence-electron chi connectivity index (χ4n) is 3.00.